The van der Waals surface area contributed by atoms with E-state index in [9.17, 15) is 9.59 Å². The lowest BCUT2D eigenvalue weighted by Gasteiger charge is -2.09. The molecule has 0 atom stereocenters. The van der Waals surface area contributed by atoms with Crippen molar-refractivity contribution in [1.29, 1.82) is 0 Å². The third kappa shape index (κ3) is 4.16. The van der Waals surface area contributed by atoms with E-state index in [1.807, 2.05) is 27.7 Å². The van der Waals surface area contributed by atoms with Gasteiger partial charge in [-0.05, 0) is 39.8 Å². The smallest absolute Gasteiger partial charge is 0.270 e. The number of carbonyl (C=O) groups is 2. The predicted molar refractivity (Wildman–Crippen MR) is 69.4 cm³/mol. The van der Waals surface area contributed by atoms with Crippen molar-refractivity contribution in [3.63, 3.8) is 0 Å². The Morgan fingerprint density at radius 3 is 2.00 bits per heavy atom. The van der Waals surface area contributed by atoms with Gasteiger partial charge in [0.15, 0.2) is 0 Å². The zero-order valence-corrected chi connectivity index (χ0v) is 11.2. The van der Waals surface area contributed by atoms with E-state index in [1.165, 1.54) is 6.20 Å². The van der Waals surface area contributed by atoms with Crippen molar-refractivity contribution in [2.24, 2.45) is 0 Å². The average molecular weight is 249 g/mol. The number of hydrogen-bond donors (Lipinski definition) is 2. The second-order valence-corrected chi connectivity index (χ2v) is 4.69. The van der Waals surface area contributed by atoms with Crippen LogP contribution in [0.2, 0.25) is 0 Å². The number of carbonyl (C=O) groups excluding carboxylic acids is 2. The lowest BCUT2D eigenvalue weighted by atomic mass is 10.2. The summed E-state index contributed by atoms with van der Waals surface area (Å²) in [6.45, 7) is 7.52. The first-order chi connectivity index (χ1) is 8.40. The molecule has 0 unspecified atom stereocenters. The molecule has 0 aliphatic carbocycles. The molecule has 0 radical (unpaired) electrons. The van der Waals surface area contributed by atoms with Gasteiger partial charge in [0.2, 0.25) is 0 Å². The minimum Gasteiger partial charge on any atom is -0.350 e. The zero-order chi connectivity index (χ0) is 13.7. The summed E-state index contributed by atoms with van der Waals surface area (Å²) in [6.07, 6.45) is 1.41. The van der Waals surface area contributed by atoms with Crippen LogP contribution in [0.25, 0.3) is 0 Å². The summed E-state index contributed by atoms with van der Waals surface area (Å²) >= 11 is 0. The van der Waals surface area contributed by atoms with Crippen LogP contribution < -0.4 is 10.6 Å². The molecule has 0 bridgehead atoms. The van der Waals surface area contributed by atoms with E-state index in [2.05, 4.69) is 15.6 Å². The van der Waals surface area contributed by atoms with E-state index in [-0.39, 0.29) is 23.9 Å². The lowest BCUT2D eigenvalue weighted by molar-refractivity contribution is 0.0926. The van der Waals surface area contributed by atoms with Crippen LogP contribution in [0.15, 0.2) is 18.3 Å². The van der Waals surface area contributed by atoms with E-state index in [0.29, 0.717) is 11.3 Å². The van der Waals surface area contributed by atoms with Crippen LogP contribution >= 0.6 is 0 Å². The van der Waals surface area contributed by atoms with Crippen LogP contribution in [0.3, 0.4) is 0 Å². The molecule has 0 aromatic carbocycles. The highest BCUT2D eigenvalue weighted by molar-refractivity contribution is 5.96. The molecule has 2 N–H and O–H groups in total. The number of nitrogens with zero attached hydrogens (tertiary/aromatic N) is 1. The average Bonchev–Trinajstić information content (AvgIpc) is 2.27. The van der Waals surface area contributed by atoms with Gasteiger partial charge in [-0.25, -0.2) is 0 Å². The Hall–Kier alpha value is -1.91. The normalized spacial score (nSPS) is 10.6. The van der Waals surface area contributed by atoms with E-state index >= 15 is 0 Å². The minimum absolute atomic E-state index is 0.0585. The third-order valence-corrected chi connectivity index (χ3v) is 2.10. The maximum absolute atomic E-state index is 11.7. The van der Waals surface area contributed by atoms with Crippen LogP contribution in [0.5, 0.6) is 0 Å². The molecule has 1 aromatic rings. The number of aromatic nitrogens is 1. The Bertz CT molecular complexity index is 383. The lowest BCUT2D eigenvalue weighted by Crippen LogP contribution is -2.32. The first-order valence-electron chi connectivity index (χ1n) is 5.98. The summed E-state index contributed by atoms with van der Waals surface area (Å²) in [5, 5.41) is 5.50. The molecule has 0 saturated heterocycles. The van der Waals surface area contributed by atoms with Gasteiger partial charge < -0.3 is 10.6 Å². The van der Waals surface area contributed by atoms with E-state index in [0.717, 1.165) is 0 Å². The van der Waals surface area contributed by atoms with Gasteiger partial charge in [-0.2, -0.15) is 0 Å². The van der Waals surface area contributed by atoms with E-state index in [1.54, 1.807) is 12.1 Å². The van der Waals surface area contributed by atoms with Gasteiger partial charge in [-0.1, -0.05) is 0 Å². The fraction of sp³-hybridized carbons (Fsp3) is 0.462. The molecular formula is C13H19N3O2. The monoisotopic (exact) mass is 249 g/mol. The zero-order valence-electron chi connectivity index (χ0n) is 11.2. The Morgan fingerprint density at radius 2 is 1.56 bits per heavy atom. The molecule has 0 spiro atoms. The van der Waals surface area contributed by atoms with Crippen LogP contribution in [0, 0.1) is 0 Å². The highest BCUT2D eigenvalue weighted by atomic mass is 16.2. The van der Waals surface area contributed by atoms with Crippen molar-refractivity contribution in [3.8, 4) is 0 Å². The maximum Gasteiger partial charge on any atom is 0.270 e. The van der Waals surface area contributed by atoms with Crippen molar-refractivity contribution in [3.05, 3.63) is 29.6 Å². The van der Waals surface area contributed by atoms with Gasteiger partial charge >= 0.3 is 0 Å². The van der Waals surface area contributed by atoms with Gasteiger partial charge in [-0.3, -0.25) is 14.6 Å². The Kier molecular flexibility index (Phi) is 4.83. The fourth-order valence-electron chi connectivity index (χ4n) is 1.34. The number of pyridine rings is 1. The number of rotatable bonds is 4. The van der Waals surface area contributed by atoms with E-state index < -0.39 is 0 Å². The molecule has 1 rings (SSSR count). The van der Waals surface area contributed by atoms with Crippen LogP contribution in [-0.2, 0) is 0 Å². The molecule has 0 saturated carbocycles. The SMILES string of the molecule is CC(C)NC(=O)c1ccc(C(=O)NC(C)C)nc1. The molecule has 1 aromatic heterocycles. The molecule has 5 nitrogen and oxygen atoms in total. The molecule has 0 aliphatic rings. The fourth-order valence-corrected chi connectivity index (χ4v) is 1.34. The molecule has 98 valence electrons. The maximum atomic E-state index is 11.7. The van der Waals surface area contributed by atoms with Crippen molar-refractivity contribution in [2.75, 3.05) is 0 Å². The van der Waals surface area contributed by atoms with Gasteiger partial charge in [0.05, 0.1) is 5.56 Å². The molecule has 5 heteroatoms. The number of hydrogen-bond acceptors (Lipinski definition) is 3. The topological polar surface area (TPSA) is 71.1 Å². The van der Waals surface area contributed by atoms with Crippen molar-refractivity contribution in [2.45, 2.75) is 39.8 Å². The van der Waals surface area contributed by atoms with Crippen molar-refractivity contribution < 1.29 is 9.59 Å². The van der Waals surface area contributed by atoms with Crippen LogP contribution in [0.4, 0.5) is 0 Å². The van der Waals surface area contributed by atoms with Gasteiger partial charge in [-0.15, -0.1) is 0 Å². The highest BCUT2D eigenvalue weighted by Gasteiger charge is 2.11. The predicted octanol–water partition coefficient (Wildman–Crippen LogP) is 1.36. The minimum atomic E-state index is -0.235. The standard InChI is InChI=1S/C13H19N3O2/c1-8(2)15-12(17)10-5-6-11(14-7-10)13(18)16-9(3)4/h5-9H,1-4H3,(H,15,17)(H,16,18). The Morgan fingerprint density at radius 1 is 1.00 bits per heavy atom. The van der Waals surface area contributed by atoms with Crippen LogP contribution in [0.1, 0.15) is 48.5 Å². The van der Waals surface area contributed by atoms with E-state index in [4.69, 9.17) is 0 Å². The summed E-state index contributed by atoms with van der Waals surface area (Å²) in [5.41, 5.74) is 0.759. The quantitative estimate of drug-likeness (QED) is 0.846. The van der Waals surface area contributed by atoms with Crippen molar-refractivity contribution >= 4 is 11.8 Å². The van der Waals surface area contributed by atoms with Crippen molar-refractivity contribution in [1.82, 2.24) is 15.6 Å². The highest BCUT2D eigenvalue weighted by Crippen LogP contribution is 2.01. The second kappa shape index (κ2) is 6.14. The van der Waals surface area contributed by atoms with Gasteiger partial charge in [0.25, 0.3) is 11.8 Å². The summed E-state index contributed by atoms with van der Waals surface area (Å²) in [6, 6.07) is 3.28. The molecule has 1 heterocycles. The second-order valence-electron chi connectivity index (χ2n) is 4.69. The summed E-state index contributed by atoms with van der Waals surface area (Å²) in [5.74, 6) is -0.422. The Labute approximate surface area is 107 Å². The largest absolute Gasteiger partial charge is 0.350 e. The van der Waals surface area contributed by atoms with Gasteiger partial charge in [0.1, 0.15) is 5.69 Å². The first-order valence-corrected chi connectivity index (χ1v) is 5.98. The molecule has 0 aliphatic heterocycles. The molecule has 18 heavy (non-hydrogen) atoms. The first kappa shape index (κ1) is 14.2. The Balaban J connectivity index is 2.74. The summed E-state index contributed by atoms with van der Waals surface area (Å²) in [4.78, 5) is 27.3. The number of amides is 2. The summed E-state index contributed by atoms with van der Waals surface area (Å²) < 4.78 is 0. The molecular weight excluding hydrogens is 230 g/mol. The number of nitrogens with one attached hydrogen (secondary N) is 2. The third-order valence-electron chi connectivity index (χ3n) is 2.10. The van der Waals surface area contributed by atoms with Crippen LogP contribution in [-0.4, -0.2) is 28.9 Å². The molecule has 2 amide bonds. The molecule has 0 fully saturated rings. The summed E-state index contributed by atoms with van der Waals surface area (Å²) in [7, 11) is 0. The van der Waals surface area contributed by atoms with Gasteiger partial charge in [0, 0.05) is 18.3 Å².